The average molecular weight is 364 g/mol. The van der Waals surface area contributed by atoms with Crippen molar-refractivity contribution in [2.45, 2.75) is 33.3 Å². The lowest BCUT2D eigenvalue weighted by molar-refractivity contribution is 0.0217. The number of morpholine rings is 1. The van der Waals surface area contributed by atoms with Crippen LogP contribution in [0.25, 0.3) is 0 Å². The highest BCUT2D eigenvalue weighted by molar-refractivity contribution is 5.48. The number of ether oxygens (including phenoxy) is 2. The van der Waals surface area contributed by atoms with E-state index in [1.807, 2.05) is 24.3 Å². The summed E-state index contributed by atoms with van der Waals surface area (Å²) in [5, 5.41) is 9.41. The van der Waals surface area contributed by atoms with Gasteiger partial charge in [0.1, 0.15) is 11.9 Å². The molecule has 0 spiro atoms. The van der Waals surface area contributed by atoms with Gasteiger partial charge < -0.3 is 9.47 Å². The Balaban J connectivity index is 1.81. The molecule has 2 aromatic carbocycles. The molecular formula is C23H28N2O2. The molecule has 142 valence electrons. The van der Waals surface area contributed by atoms with Crippen LogP contribution in [0.3, 0.4) is 0 Å². The molecule has 0 N–H and O–H groups in total. The zero-order valence-corrected chi connectivity index (χ0v) is 16.5. The van der Waals surface area contributed by atoms with Crippen molar-refractivity contribution in [3.8, 4) is 11.8 Å². The van der Waals surface area contributed by atoms with Crippen LogP contribution in [-0.2, 0) is 11.2 Å². The van der Waals surface area contributed by atoms with Crippen molar-refractivity contribution >= 4 is 0 Å². The van der Waals surface area contributed by atoms with Gasteiger partial charge in [0.15, 0.2) is 0 Å². The summed E-state index contributed by atoms with van der Waals surface area (Å²) in [6.45, 7) is 10.7. The molecule has 27 heavy (non-hydrogen) atoms. The van der Waals surface area contributed by atoms with Crippen molar-refractivity contribution in [1.29, 1.82) is 5.26 Å². The molecule has 1 aliphatic heterocycles. The molecule has 2 aromatic rings. The molecule has 1 heterocycles. The summed E-state index contributed by atoms with van der Waals surface area (Å²) >= 11 is 0. The maximum atomic E-state index is 9.41. The first kappa shape index (κ1) is 19.4. The molecule has 3 rings (SSSR count). The molecule has 1 unspecified atom stereocenters. The second-order valence-electron chi connectivity index (χ2n) is 7.36. The van der Waals surface area contributed by atoms with Gasteiger partial charge in [0.05, 0.1) is 24.8 Å². The molecule has 0 saturated carbocycles. The second kappa shape index (κ2) is 9.03. The van der Waals surface area contributed by atoms with Gasteiger partial charge in [-0.3, -0.25) is 4.90 Å². The Hall–Kier alpha value is -2.35. The van der Waals surface area contributed by atoms with Gasteiger partial charge in [0, 0.05) is 26.1 Å². The standard InChI is InChI=1S/C23H28N2O2/c1-17-12-18(2)23(27-19(3)16-25-8-10-26-11-9-25)22(13-17)14-20-6-4-5-7-21(20)15-24/h4-7,12-13,19H,8-11,14,16H2,1-3H3. The Morgan fingerprint density at radius 1 is 1.15 bits per heavy atom. The number of aryl methyl sites for hydroxylation is 2. The van der Waals surface area contributed by atoms with Crippen molar-refractivity contribution < 1.29 is 9.47 Å². The second-order valence-corrected chi connectivity index (χ2v) is 7.36. The van der Waals surface area contributed by atoms with Crippen LogP contribution in [0, 0.1) is 25.2 Å². The summed E-state index contributed by atoms with van der Waals surface area (Å²) in [5.74, 6) is 0.953. The van der Waals surface area contributed by atoms with Crippen LogP contribution in [-0.4, -0.2) is 43.9 Å². The lowest BCUT2D eigenvalue weighted by atomic mass is 9.96. The normalized spacial score (nSPS) is 15.9. The van der Waals surface area contributed by atoms with Crippen LogP contribution in [0.2, 0.25) is 0 Å². The first-order valence-corrected chi connectivity index (χ1v) is 9.61. The van der Waals surface area contributed by atoms with E-state index >= 15 is 0 Å². The number of benzene rings is 2. The fraction of sp³-hybridized carbons (Fsp3) is 0.435. The van der Waals surface area contributed by atoms with Crippen LogP contribution in [0.15, 0.2) is 36.4 Å². The van der Waals surface area contributed by atoms with Crippen molar-refractivity contribution in [1.82, 2.24) is 4.90 Å². The number of nitrogens with zero attached hydrogens (tertiary/aromatic N) is 2. The highest BCUT2D eigenvalue weighted by Crippen LogP contribution is 2.29. The SMILES string of the molecule is Cc1cc(C)c(OC(C)CN2CCOCC2)c(Cc2ccccc2C#N)c1. The summed E-state index contributed by atoms with van der Waals surface area (Å²) in [6.07, 6.45) is 0.792. The van der Waals surface area contributed by atoms with E-state index in [2.05, 4.69) is 43.9 Å². The molecule has 1 saturated heterocycles. The average Bonchev–Trinajstić information content (AvgIpc) is 2.66. The van der Waals surface area contributed by atoms with Gasteiger partial charge in [0.25, 0.3) is 0 Å². The third-order valence-electron chi connectivity index (χ3n) is 4.95. The van der Waals surface area contributed by atoms with E-state index in [1.54, 1.807) is 0 Å². The third kappa shape index (κ3) is 5.09. The molecule has 1 aliphatic rings. The molecule has 1 atom stereocenters. The molecule has 4 nitrogen and oxygen atoms in total. The van der Waals surface area contributed by atoms with Gasteiger partial charge in [0.2, 0.25) is 0 Å². The Morgan fingerprint density at radius 2 is 1.89 bits per heavy atom. The van der Waals surface area contributed by atoms with E-state index in [0.717, 1.165) is 60.9 Å². The summed E-state index contributed by atoms with van der Waals surface area (Å²) < 4.78 is 11.8. The summed E-state index contributed by atoms with van der Waals surface area (Å²) in [4.78, 5) is 2.39. The van der Waals surface area contributed by atoms with Crippen LogP contribution in [0.5, 0.6) is 5.75 Å². The van der Waals surface area contributed by atoms with E-state index in [4.69, 9.17) is 9.47 Å². The molecule has 0 bridgehead atoms. The Morgan fingerprint density at radius 3 is 2.63 bits per heavy atom. The number of hydrogen-bond acceptors (Lipinski definition) is 4. The van der Waals surface area contributed by atoms with Gasteiger partial charge in [-0.1, -0.05) is 35.9 Å². The van der Waals surface area contributed by atoms with Gasteiger partial charge in [-0.2, -0.15) is 5.26 Å². The maximum absolute atomic E-state index is 9.41. The fourth-order valence-electron chi connectivity index (χ4n) is 3.72. The molecule has 0 radical (unpaired) electrons. The van der Waals surface area contributed by atoms with E-state index in [-0.39, 0.29) is 6.10 Å². The molecule has 0 aliphatic carbocycles. The van der Waals surface area contributed by atoms with E-state index < -0.39 is 0 Å². The van der Waals surface area contributed by atoms with E-state index in [9.17, 15) is 5.26 Å². The quantitative estimate of drug-likeness (QED) is 0.781. The van der Waals surface area contributed by atoms with E-state index in [1.165, 1.54) is 5.56 Å². The first-order valence-electron chi connectivity index (χ1n) is 9.61. The third-order valence-corrected chi connectivity index (χ3v) is 4.95. The highest BCUT2D eigenvalue weighted by atomic mass is 16.5. The van der Waals surface area contributed by atoms with Gasteiger partial charge in [-0.15, -0.1) is 0 Å². The van der Waals surface area contributed by atoms with Crippen molar-refractivity contribution in [3.05, 3.63) is 64.2 Å². The number of rotatable bonds is 6. The van der Waals surface area contributed by atoms with Crippen LogP contribution in [0.1, 0.15) is 34.7 Å². The fourth-order valence-corrected chi connectivity index (χ4v) is 3.72. The molecule has 1 fully saturated rings. The predicted octanol–water partition coefficient (Wildman–Crippen LogP) is 3.87. The monoisotopic (exact) mass is 364 g/mol. The van der Waals surface area contributed by atoms with E-state index in [0.29, 0.717) is 6.42 Å². The van der Waals surface area contributed by atoms with Crippen LogP contribution < -0.4 is 4.74 Å². The Bertz CT molecular complexity index is 820. The number of nitriles is 1. The smallest absolute Gasteiger partial charge is 0.126 e. The van der Waals surface area contributed by atoms with Crippen molar-refractivity contribution in [3.63, 3.8) is 0 Å². The highest BCUT2D eigenvalue weighted by Gasteiger charge is 2.18. The minimum atomic E-state index is 0.0921. The van der Waals surface area contributed by atoms with Crippen molar-refractivity contribution in [2.75, 3.05) is 32.8 Å². The van der Waals surface area contributed by atoms with Gasteiger partial charge in [-0.25, -0.2) is 0 Å². The molecule has 4 heteroatoms. The molecular weight excluding hydrogens is 336 g/mol. The Labute approximate surface area is 162 Å². The van der Waals surface area contributed by atoms with Gasteiger partial charge >= 0.3 is 0 Å². The zero-order chi connectivity index (χ0) is 19.2. The minimum absolute atomic E-state index is 0.0921. The number of hydrogen-bond donors (Lipinski definition) is 0. The van der Waals surface area contributed by atoms with Crippen molar-refractivity contribution in [2.24, 2.45) is 0 Å². The topological polar surface area (TPSA) is 45.5 Å². The van der Waals surface area contributed by atoms with Gasteiger partial charge in [-0.05, 0) is 43.5 Å². The summed E-state index contributed by atoms with van der Waals surface area (Å²) in [7, 11) is 0. The summed E-state index contributed by atoms with van der Waals surface area (Å²) in [5.41, 5.74) is 5.27. The first-order chi connectivity index (χ1) is 13.1. The maximum Gasteiger partial charge on any atom is 0.126 e. The zero-order valence-electron chi connectivity index (χ0n) is 16.5. The molecule has 0 aromatic heterocycles. The summed E-state index contributed by atoms with van der Waals surface area (Å²) in [6, 6.07) is 14.4. The predicted molar refractivity (Wildman–Crippen MR) is 107 cm³/mol. The molecule has 0 amide bonds. The minimum Gasteiger partial charge on any atom is -0.489 e. The largest absolute Gasteiger partial charge is 0.489 e. The Kier molecular flexibility index (Phi) is 6.49. The van der Waals surface area contributed by atoms with Crippen LogP contribution >= 0.6 is 0 Å². The van der Waals surface area contributed by atoms with Crippen LogP contribution in [0.4, 0.5) is 0 Å². The lowest BCUT2D eigenvalue weighted by Gasteiger charge is -2.30. The lowest BCUT2D eigenvalue weighted by Crippen LogP contribution is -2.41.